The SMILES string of the molecule is C=CCSC1=NC(c2ccccc2OC)C(C(=O)O)=C(C)N1. The van der Waals surface area contributed by atoms with Gasteiger partial charge in [-0.3, -0.25) is 0 Å². The minimum absolute atomic E-state index is 0.229. The Labute approximate surface area is 133 Å². The second-order valence-electron chi connectivity index (χ2n) is 4.65. The van der Waals surface area contributed by atoms with Crippen LogP contribution in [-0.2, 0) is 4.79 Å². The van der Waals surface area contributed by atoms with E-state index in [2.05, 4.69) is 16.9 Å². The predicted octanol–water partition coefficient (Wildman–Crippen LogP) is 2.97. The van der Waals surface area contributed by atoms with Gasteiger partial charge in [-0.15, -0.1) is 6.58 Å². The van der Waals surface area contributed by atoms with Crippen LogP contribution in [0.3, 0.4) is 0 Å². The number of aliphatic imine (C=N–C) groups is 1. The third kappa shape index (κ3) is 3.33. The minimum atomic E-state index is -0.988. The molecular weight excluding hydrogens is 300 g/mol. The molecule has 1 unspecified atom stereocenters. The fraction of sp³-hybridized carbons (Fsp3) is 0.250. The van der Waals surface area contributed by atoms with Crippen molar-refractivity contribution in [1.82, 2.24) is 5.32 Å². The molecular formula is C16H18N2O3S. The lowest BCUT2D eigenvalue weighted by Gasteiger charge is -2.25. The summed E-state index contributed by atoms with van der Waals surface area (Å²) in [5.41, 5.74) is 1.55. The maximum Gasteiger partial charge on any atom is 0.335 e. The van der Waals surface area contributed by atoms with Crippen molar-refractivity contribution in [3.05, 3.63) is 53.8 Å². The molecule has 2 rings (SSSR count). The highest BCUT2D eigenvalue weighted by Gasteiger charge is 2.30. The number of carboxylic acid groups (broad SMARTS) is 1. The van der Waals surface area contributed by atoms with Crippen LogP contribution < -0.4 is 10.1 Å². The Morgan fingerprint density at radius 3 is 2.91 bits per heavy atom. The number of rotatable bonds is 5. The predicted molar refractivity (Wildman–Crippen MR) is 89.3 cm³/mol. The third-order valence-corrected chi connectivity index (χ3v) is 4.10. The van der Waals surface area contributed by atoms with E-state index < -0.39 is 12.0 Å². The van der Waals surface area contributed by atoms with Gasteiger partial charge in [0.1, 0.15) is 11.8 Å². The van der Waals surface area contributed by atoms with Gasteiger partial charge in [0.25, 0.3) is 0 Å². The van der Waals surface area contributed by atoms with Crippen LogP contribution in [0.1, 0.15) is 18.5 Å². The van der Waals surface area contributed by atoms with Gasteiger partial charge in [-0.1, -0.05) is 36.0 Å². The lowest BCUT2D eigenvalue weighted by Crippen LogP contribution is -2.30. The van der Waals surface area contributed by atoms with Gasteiger partial charge < -0.3 is 15.2 Å². The number of aliphatic carboxylic acids is 1. The van der Waals surface area contributed by atoms with E-state index in [1.165, 1.54) is 11.8 Å². The van der Waals surface area contributed by atoms with Crippen LogP contribution in [0.4, 0.5) is 0 Å². The Morgan fingerprint density at radius 1 is 1.55 bits per heavy atom. The Bertz CT molecular complexity index is 653. The normalized spacial score (nSPS) is 17.5. The Hall–Kier alpha value is -2.21. The van der Waals surface area contributed by atoms with E-state index in [1.807, 2.05) is 18.2 Å². The van der Waals surface area contributed by atoms with Crippen molar-refractivity contribution in [3.63, 3.8) is 0 Å². The molecule has 0 radical (unpaired) electrons. The first-order chi connectivity index (χ1) is 10.6. The van der Waals surface area contributed by atoms with Crippen molar-refractivity contribution < 1.29 is 14.6 Å². The van der Waals surface area contributed by atoms with Gasteiger partial charge in [0.2, 0.25) is 0 Å². The molecule has 2 N–H and O–H groups in total. The summed E-state index contributed by atoms with van der Waals surface area (Å²) in [6.45, 7) is 5.43. The fourth-order valence-electron chi connectivity index (χ4n) is 2.25. The molecule has 0 amide bonds. The lowest BCUT2D eigenvalue weighted by atomic mass is 9.96. The summed E-state index contributed by atoms with van der Waals surface area (Å²) in [4.78, 5) is 16.2. The summed E-state index contributed by atoms with van der Waals surface area (Å²) in [6, 6.07) is 6.74. The molecule has 0 aliphatic carbocycles. The molecule has 0 spiro atoms. The Morgan fingerprint density at radius 2 is 2.27 bits per heavy atom. The van der Waals surface area contributed by atoms with Crippen molar-refractivity contribution in [2.24, 2.45) is 4.99 Å². The molecule has 116 valence electrons. The lowest BCUT2D eigenvalue weighted by molar-refractivity contribution is -0.133. The quantitative estimate of drug-likeness (QED) is 0.817. The highest BCUT2D eigenvalue weighted by atomic mass is 32.2. The smallest absolute Gasteiger partial charge is 0.335 e. The van der Waals surface area contributed by atoms with Crippen molar-refractivity contribution in [1.29, 1.82) is 0 Å². The second-order valence-corrected chi connectivity index (χ2v) is 5.66. The van der Waals surface area contributed by atoms with Crippen molar-refractivity contribution in [2.45, 2.75) is 13.0 Å². The Kier molecular flexibility index (Phi) is 5.27. The van der Waals surface area contributed by atoms with E-state index in [1.54, 1.807) is 26.2 Å². The number of hydrogen-bond donors (Lipinski definition) is 2. The van der Waals surface area contributed by atoms with Gasteiger partial charge in [-0.25, -0.2) is 9.79 Å². The molecule has 1 atom stereocenters. The molecule has 1 aromatic rings. The highest BCUT2D eigenvalue weighted by molar-refractivity contribution is 8.13. The molecule has 6 heteroatoms. The molecule has 1 aromatic carbocycles. The molecule has 22 heavy (non-hydrogen) atoms. The summed E-state index contributed by atoms with van der Waals surface area (Å²) in [5.74, 6) is 0.329. The molecule has 1 aliphatic rings. The first-order valence-corrected chi connectivity index (χ1v) is 7.72. The third-order valence-electron chi connectivity index (χ3n) is 3.22. The number of nitrogens with one attached hydrogen (secondary N) is 1. The number of ether oxygens (including phenoxy) is 1. The number of hydrogen-bond acceptors (Lipinski definition) is 5. The van der Waals surface area contributed by atoms with Crippen LogP contribution in [-0.4, -0.2) is 29.1 Å². The minimum Gasteiger partial charge on any atom is -0.496 e. The van der Waals surface area contributed by atoms with Crippen molar-refractivity contribution >= 4 is 22.9 Å². The van der Waals surface area contributed by atoms with Crippen LogP contribution in [0.2, 0.25) is 0 Å². The van der Waals surface area contributed by atoms with Crippen molar-refractivity contribution in [3.8, 4) is 5.75 Å². The van der Waals surface area contributed by atoms with Crippen LogP contribution in [0.5, 0.6) is 5.75 Å². The molecule has 0 bridgehead atoms. The maximum absolute atomic E-state index is 11.6. The molecule has 0 fully saturated rings. The molecule has 0 aromatic heterocycles. The van der Waals surface area contributed by atoms with Crippen LogP contribution in [0.15, 0.2) is 53.2 Å². The van der Waals surface area contributed by atoms with Gasteiger partial charge in [-0.2, -0.15) is 0 Å². The number of carbonyl (C=O) groups is 1. The molecule has 0 saturated heterocycles. The number of benzene rings is 1. The number of thioether (sulfide) groups is 1. The maximum atomic E-state index is 11.6. The van der Waals surface area contributed by atoms with Gasteiger partial charge in [0.15, 0.2) is 5.17 Å². The number of nitrogens with zero attached hydrogens (tertiary/aromatic N) is 1. The largest absolute Gasteiger partial charge is 0.496 e. The first-order valence-electron chi connectivity index (χ1n) is 6.74. The van der Waals surface area contributed by atoms with Gasteiger partial charge in [0, 0.05) is 17.0 Å². The average Bonchev–Trinajstić information content (AvgIpc) is 2.51. The first kappa shape index (κ1) is 16.2. The number of amidine groups is 1. The summed E-state index contributed by atoms with van der Waals surface area (Å²) >= 11 is 1.48. The molecule has 1 aliphatic heterocycles. The van der Waals surface area contributed by atoms with Gasteiger partial charge >= 0.3 is 5.97 Å². The van der Waals surface area contributed by atoms with E-state index >= 15 is 0 Å². The topological polar surface area (TPSA) is 70.9 Å². The number of carboxylic acids is 1. The summed E-state index contributed by atoms with van der Waals surface area (Å²) in [7, 11) is 1.56. The summed E-state index contributed by atoms with van der Waals surface area (Å²) in [5, 5.41) is 13.3. The summed E-state index contributed by atoms with van der Waals surface area (Å²) in [6.07, 6.45) is 1.78. The average molecular weight is 318 g/mol. The van der Waals surface area contributed by atoms with Crippen LogP contribution >= 0.6 is 11.8 Å². The Balaban J connectivity index is 2.49. The fourth-order valence-corrected chi connectivity index (χ4v) is 2.93. The van der Waals surface area contributed by atoms with Crippen LogP contribution in [0.25, 0.3) is 0 Å². The van der Waals surface area contributed by atoms with Gasteiger partial charge in [-0.05, 0) is 13.0 Å². The van der Waals surface area contributed by atoms with E-state index in [4.69, 9.17) is 4.74 Å². The second kappa shape index (κ2) is 7.17. The molecule has 1 heterocycles. The van der Waals surface area contributed by atoms with E-state index in [0.29, 0.717) is 22.4 Å². The van der Waals surface area contributed by atoms with E-state index in [9.17, 15) is 9.90 Å². The zero-order valence-electron chi connectivity index (χ0n) is 12.5. The number of methoxy groups -OCH3 is 1. The summed E-state index contributed by atoms with van der Waals surface area (Å²) < 4.78 is 5.35. The van der Waals surface area contributed by atoms with E-state index in [0.717, 1.165) is 5.56 Å². The molecule has 0 saturated carbocycles. The van der Waals surface area contributed by atoms with Crippen molar-refractivity contribution in [2.75, 3.05) is 12.9 Å². The number of para-hydroxylation sites is 1. The van der Waals surface area contributed by atoms with E-state index in [-0.39, 0.29) is 5.57 Å². The van der Waals surface area contributed by atoms with Gasteiger partial charge in [0.05, 0.1) is 12.7 Å². The zero-order chi connectivity index (χ0) is 16.1. The monoisotopic (exact) mass is 318 g/mol. The molecule has 5 nitrogen and oxygen atoms in total. The standard InChI is InChI=1S/C16H18N2O3S/c1-4-9-22-16-17-10(2)13(15(19)20)14(18-16)11-7-5-6-8-12(11)21-3/h4-8,14H,1,9H2,2-3H3,(H,17,18)(H,19,20). The number of allylic oxidation sites excluding steroid dienone is 1. The zero-order valence-corrected chi connectivity index (χ0v) is 13.3. The van der Waals surface area contributed by atoms with Crippen LogP contribution in [0, 0.1) is 0 Å². The highest BCUT2D eigenvalue weighted by Crippen LogP contribution is 2.36.